The van der Waals surface area contributed by atoms with Crippen LogP contribution in [0, 0.1) is 0 Å². The Labute approximate surface area is 110 Å². The summed E-state index contributed by atoms with van der Waals surface area (Å²) in [6.45, 7) is 3.70. The van der Waals surface area contributed by atoms with Crippen molar-refractivity contribution >= 4 is 27.5 Å². The average Bonchev–Trinajstić information content (AvgIpc) is 2.29. The lowest BCUT2D eigenvalue weighted by atomic mass is 10.0. The van der Waals surface area contributed by atoms with Crippen molar-refractivity contribution in [1.29, 1.82) is 0 Å². The molecule has 0 heterocycles. The molecular formula is C12H16BrClN2. The maximum atomic E-state index is 6.04. The predicted octanol–water partition coefficient (Wildman–Crippen LogP) is 3.96. The zero-order chi connectivity index (χ0) is 12.0. The Morgan fingerprint density at radius 1 is 1.56 bits per heavy atom. The Balaban J connectivity index is 2.70. The van der Waals surface area contributed by atoms with E-state index < -0.39 is 0 Å². The smallest absolute Gasteiger partial charge is 0.0551 e. The van der Waals surface area contributed by atoms with Gasteiger partial charge in [-0.15, -0.1) is 6.58 Å². The molecule has 0 radical (unpaired) electrons. The fraction of sp³-hybridized carbons (Fsp3) is 0.333. The summed E-state index contributed by atoms with van der Waals surface area (Å²) >= 11 is 9.41. The van der Waals surface area contributed by atoms with Crippen molar-refractivity contribution < 1.29 is 0 Å². The summed E-state index contributed by atoms with van der Waals surface area (Å²) in [6.07, 6.45) is 4.96. The summed E-state index contributed by atoms with van der Waals surface area (Å²) in [4.78, 5) is 0. The SMILES string of the molecule is C=CCCCC(NN)c1ccc(Br)c(Cl)c1. The van der Waals surface area contributed by atoms with Crippen molar-refractivity contribution in [2.75, 3.05) is 0 Å². The molecule has 0 bridgehead atoms. The first-order chi connectivity index (χ1) is 7.69. The Kier molecular flexibility index (Phi) is 6.06. The van der Waals surface area contributed by atoms with Crippen molar-refractivity contribution in [2.45, 2.75) is 25.3 Å². The number of benzene rings is 1. The number of hydrogen-bond donors (Lipinski definition) is 2. The molecule has 3 N–H and O–H groups in total. The molecule has 0 fully saturated rings. The lowest BCUT2D eigenvalue weighted by Crippen LogP contribution is -2.27. The topological polar surface area (TPSA) is 38.0 Å². The molecule has 2 nitrogen and oxygen atoms in total. The quantitative estimate of drug-likeness (QED) is 0.361. The van der Waals surface area contributed by atoms with E-state index in [1.807, 2.05) is 24.3 Å². The normalized spacial score (nSPS) is 12.4. The largest absolute Gasteiger partial charge is 0.271 e. The van der Waals surface area contributed by atoms with E-state index in [1.165, 1.54) is 0 Å². The van der Waals surface area contributed by atoms with Gasteiger partial charge in [0, 0.05) is 10.5 Å². The number of unbranched alkanes of at least 4 members (excludes halogenated alkanes) is 1. The van der Waals surface area contributed by atoms with E-state index in [-0.39, 0.29) is 6.04 Å². The molecule has 1 aromatic rings. The fourth-order valence-electron chi connectivity index (χ4n) is 1.54. The van der Waals surface area contributed by atoms with E-state index in [1.54, 1.807) is 0 Å². The Hall–Kier alpha value is -0.350. The summed E-state index contributed by atoms with van der Waals surface area (Å²) in [5.41, 5.74) is 3.93. The molecule has 1 rings (SSSR count). The molecule has 1 aromatic carbocycles. The van der Waals surface area contributed by atoms with Crippen LogP contribution in [0.4, 0.5) is 0 Å². The molecule has 0 saturated carbocycles. The lowest BCUT2D eigenvalue weighted by molar-refractivity contribution is 0.501. The Morgan fingerprint density at radius 3 is 2.88 bits per heavy atom. The number of allylic oxidation sites excluding steroid dienone is 1. The highest BCUT2D eigenvalue weighted by molar-refractivity contribution is 9.10. The first kappa shape index (κ1) is 13.7. The highest BCUT2D eigenvalue weighted by atomic mass is 79.9. The van der Waals surface area contributed by atoms with Gasteiger partial charge in [-0.1, -0.05) is 23.7 Å². The van der Waals surface area contributed by atoms with E-state index in [2.05, 4.69) is 27.9 Å². The standard InChI is InChI=1S/C12H16BrClN2/c1-2-3-4-5-12(16-15)9-6-7-10(13)11(14)8-9/h2,6-8,12,16H,1,3-5,15H2. The summed E-state index contributed by atoms with van der Waals surface area (Å²) in [5, 5.41) is 0.710. The molecule has 0 spiro atoms. The van der Waals surface area contributed by atoms with Gasteiger partial charge in [-0.3, -0.25) is 11.3 Å². The highest BCUT2D eigenvalue weighted by Gasteiger charge is 2.10. The van der Waals surface area contributed by atoms with Gasteiger partial charge >= 0.3 is 0 Å². The molecule has 0 aromatic heterocycles. The summed E-state index contributed by atoms with van der Waals surface area (Å²) in [6, 6.07) is 6.04. The number of rotatable bonds is 6. The Morgan fingerprint density at radius 2 is 2.31 bits per heavy atom. The van der Waals surface area contributed by atoms with Crippen LogP contribution in [-0.4, -0.2) is 0 Å². The summed E-state index contributed by atoms with van der Waals surface area (Å²) in [5.74, 6) is 5.54. The average molecular weight is 304 g/mol. The molecule has 16 heavy (non-hydrogen) atoms. The zero-order valence-corrected chi connectivity index (χ0v) is 11.4. The second-order valence-corrected chi connectivity index (χ2v) is 4.87. The maximum Gasteiger partial charge on any atom is 0.0551 e. The third-order valence-electron chi connectivity index (χ3n) is 2.45. The van der Waals surface area contributed by atoms with Crippen molar-refractivity contribution in [1.82, 2.24) is 5.43 Å². The first-order valence-electron chi connectivity index (χ1n) is 5.21. The number of hydrogen-bond acceptors (Lipinski definition) is 2. The summed E-state index contributed by atoms with van der Waals surface area (Å²) in [7, 11) is 0. The van der Waals surface area contributed by atoms with Crippen LogP contribution in [0.3, 0.4) is 0 Å². The van der Waals surface area contributed by atoms with Crippen molar-refractivity contribution in [3.63, 3.8) is 0 Å². The molecule has 1 unspecified atom stereocenters. The van der Waals surface area contributed by atoms with Crippen molar-refractivity contribution in [3.05, 3.63) is 45.9 Å². The number of nitrogens with one attached hydrogen (secondary N) is 1. The molecule has 88 valence electrons. The molecule has 0 aliphatic heterocycles. The van der Waals surface area contributed by atoms with Crippen LogP contribution >= 0.6 is 27.5 Å². The molecule has 0 aliphatic carbocycles. The first-order valence-corrected chi connectivity index (χ1v) is 6.38. The van der Waals surface area contributed by atoms with Crippen LogP contribution in [0.25, 0.3) is 0 Å². The number of nitrogens with two attached hydrogens (primary N) is 1. The second kappa shape index (κ2) is 7.07. The van der Waals surface area contributed by atoms with E-state index >= 15 is 0 Å². The Bertz CT molecular complexity index is 355. The molecular weight excluding hydrogens is 288 g/mol. The van der Waals surface area contributed by atoms with Gasteiger partial charge in [0.15, 0.2) is 0 Å². The van der Waals surface area contributed by atoms with Crippen molar-refractivity contribution in [2.24, 2.45) is 5.84 Å². The fourth-order valence-corrected chi connectivity index (χ4v) is 1.98. The second-order valence-electron chi connectivity index (χ2n) is 3.61. The lowest BCUT2D eigenvalue weighted by Gasteiger charge is -2.16. The third kappa shape index (κ3) is 3.91. The van der Waals surface area contributed by atoms with Gasteiger partial charge in [0.25, 0.3) is 0 Å². The van der Waals surface area contributed by atoms with Crippen LogP contribution in [0.1, 0.15) is 30.9 Å². The van der Waals surface area contributed by atoms with Gasteiger partial charge in [0.05, 0.1) is 5.02 Å². The molecule has 4 heteroatoms. The molecule has 1 atom stereocenters. The van der Waals surface area contributed by atoms with E-state index in [0.717, 1.165) is 29.3 Å². The van der Waals surface area contributed by atoms with E-state index in [9.17, 15) is 0 Å². The number of halogens is 2. The van der Waals surface area contributed by atoms with Crippen LogP contribution < -0.4 is 11.3 Å². The van der Waals surface area contributed by atoms with Gasteiger partial charge < -0.3 is 0 Å². The van der Waals surface area contributed by atoms with Crippen LogP contribution in [0.2, 0.25) is 5.02 Å². The molecule has 0 amide bonds. The van der Waals surface area contributed by atoms with Gasteiger partial charge in [-0.2, -0.15) is 0 Å². The van der Waals surface area contributed by atoms with Crippen molar-refractivity contribution in [3.8, 4) is 0 Å². The van der Waals surface area contributed by atoms with Gasteiger partial charge in [0.2, 0.25) is 0 Å². The van der Waals surface area contributed by atoms with Gasteiger partial charge in [0.1, 0.15) is 0 Å². The minimum Gasteiger partial charge on any atom is -0.271 e. The molecule has 0 aliphatic rings. The maximum absolute atomic E-state index is 6.04. The highest BCUT2D eigenvalue weighted by Crippen LogP contribution is 2.27. The zero-order valence-electron chi connectivity index (χ0n) is 9.05. The van der Waals surface area contributed by atoms with Crippen LogP contribution in [-0.2, 0) is 0 Å². The number of hydrazine groups is 1. The summed E-state index contributed by atoms with van der Waals surface area (Å²) < 4.78 is 0.903. The van der Waals surface area contributed by atoms with E-state index in [4.69, 9.17) is 17.4 Å². The van der Waals surface area contributed by atoms with Gasteiger partial charge in [-0.05, 0) is 52.9 Å². The monoisotopic (exact) mass is 302 g/mol. The van der Waals surface area contributed by atoms with Gasteiger partial charge in [-0.25, -0.2) is 0 Å². The molecule has 0 saturated heterocycles. The van der Waals surface area contributed by atoms with Crippen LogP contribution in [0.5, 0.6) is 0 Å². The van der Waals surface area contributed by atoms with E-state index in [0.29, 0.717) is 5.02 Å². The predicted molar refractivity (Wildman–Crippen MR) is 73.3 cm³/mol. The minimum atomic E-state index is 0.144. The minimum absolute atomic E-state index is 0.144. The van der Waals surface area contributed by atoms with Crippen LogP contribution in [0.15, 0.2) is 35.3 Å². The third-order valence-corrected chi connectivity index (χ3v) is 3.68.